The van der Waals surface area contributed by atoms with Crippen LogP contribution in [-0.2, 0) is 21.2 Å². The second-order valence-corrected chi connectivity index (χ2v) is 10.2. The number of aromatic nitrogens is 3. The van der Waals surface area contributed by atoms with E-state index in [1.165, 1.54) is 20.2 Å². The van der Waals surface area contributed by atoms with Crippen LogP contribution in [0, 0.1) is 34.6 Å². The molecular weight excluding hydrogens is 414 g/mol. The molecular formula is C22H29N5O3S. The zero-order chi connectivity index (χ0) is 23.1. The summed E-state index contributed by atoms with van der Waals surface area (Å²) in [5, 5.41) is 7.36. The van der Waals surface area contributed by atoms with Gasteiger partial charge >= 0.3 is 0 Å². The molecule has 0 saturated carbocycles. The number of sulfonamides is 1. The highest BCUT2D eigenvalue weighted by atomic mass is 32.2. The van der Waals surface area contributed by atoms with E-state index in [9.17, 15) is 13.2 Å². The largest absolute Gasteiger partial charge is 0.326 e. The Morgan fingerprint density at radius 3 is 2.42 bits per heavy atom. The predicted octanol–water partition coefficient (Wildman–Crippen LogP) is 3.09. The van der Waals surface area contributed by atoms with Crippen molar-refractivity contribution in [2.24, 2.45) is 0 Å². The Hall–Kier alpha value is -2.78. The molecule has 1 amide bonds. The number of nitrogens with zero attached hydrogens (tertiary/aromatic N) is 4. The second-order valence-electron chi connectivity index (χ2n) is 8.07. The van der Waals surface area contributed by atoms with Crippen molar-refractivity contribution in [3.8, 4) is 0 Å². The fourth-order valence-corrected chi connectivity index (χ4v) is 4.58. The van der Waals surface area contributed by atoms with Gasteiger partial charge in [-0.1, -0.05) is 0 Å². The lowest BCUT2D eigenvalue weighted by atomic mass is 10.1. The third kappa shape index (κ3) is 4.47. The molecule has 8 nitrogen and oxygen atoms in total. The first-order valence-corrected chi connectivity index (χ1v) is 11.5. The summed E-state index contributed by atoms with van der Waals surface area (Å²) in [6.07, 6.45) is 0.761. The van der Waals surface area contributed by atoms with E-state index in [0.717, 1.165) is 43.7 Å². The van der Waals surface area contributed by atoms with E-state index in [2.05, 4.69) is 15.4 Å². The number of nitrogens with one attached hydrogen (secondary N) is 1. The van der Waals surface area contributed by atoms with E-state index in [0.29, 0.717) is 12.1 Å². The summed E-state index contributed by atoms with van der Waals surface area (Å²) < 4.78 is 28.0. The Kier molecular flexibility index (Phi) is 6.20. The average Bonchev–Trinajstić information content (AvgIpc) is 3.05. The van der Waals surface area contributed by atoms with Crippen molar-refractivity contribution in [3.05, 3.63) is 52.0 Å². The first kappa shape index (κ1) is 22.9. The molecule has 0 aliphatic carbocycles. The van der Waals surface area contributed by atoms with E-state index in [-0.39, 0.29) is 17.2 Å². The molecule has 1 aromatic carbocycles. The highest BCUT2D eigenvalue weighted by molar-refractivity contribution is 7.89. The number of benzene rings is 1. The highest BCUT2D eigenvalue weighted by Crippen LogP contribution is 2.26. The molecule has 2 aromatic heterocycles. The van der Waals surface area contributed by atoms with Gasteiger partial charge in [-0.25, -0.2) is 22.2 Å². The van der Waals surface area contributed by atoms with Gasteiger partial charge in [0.25, 0.3) is 0 Å². The van der Waals surface area contributed by atoms with Gasteiger partial charge < -0.3 is 5.32 Å². The van der Waals surface area contributed by atoms with Crippen LogP contribution >= 0.6 is 0 Å². The maximum atomic E-state index is 12.7. The molecule has 0 atom stereocenters. The van der Waals surface area contributed by atoms with Crippen molar-refractivity contribution in [3.63, 3.8) is 0 Å². The average molecular weight is 444 g/mol. The summed E-state index contributed by atoms with van der Waals surface area (Å²) in [5.41, 5.74) is 6.67. The van der Waals surface area contributed by atoms with Crippen LogP contribution in [-0.4, -0.2) is 47.3 Å². The van der Waals surface area contributed by atoms with Gasteiger partial charge in [0, 0.05) is 43.7 Å². The molecule has 0 aliphatic rings. The number of aryl methyl sites for hydroxylation is 4. The molecule has 0 spiro atoms. The Labute approximate surface area is 183 Å². The third-order valence-corrected chi connectivity index (χ3v) is 7.37. The summed E-state index contributed by atoms with van der Waals surface area (Å²) in [5.74, 6) is -0.183. The molecule has 31 heavy (non-hydrogen) atoms. The fourth-order valence-electron chi connectivity index (χ4n) is 3.57. The number of carbonyl (C=O) groups excluding carboxylic acids is 1. The minimum absolute atomic E-state index is 0.159. The number of amides is 1. The minimum atomic E-state index is -3.60. The summed E-state index contributed by atoms with van der Waals surface area (Å²) in [7, 11) is -0.625. The van der Waals surface area contributed by atoms with Crippen LogP contribution in [0.5, 0.6) is 0 Å². The van der Waals surface area contributed by atoms with Crippen LogP contribution in [0.4, 0.5) is 5.69 Å². The summed E-state index contributed by atoms with van der Waals surface area (Å²) in [4.78, 5) is 17.5. The molecule has 3 rings (SSSR count). The van der Waals surface area contributed by atoms with Crippen molar-refractivity contribution in [1.82, 2.24) is 18.9 Å². The van der Waals surface area contributed by atoms with Crippen LogP contribution in [0.25, 0.3) is 5.65 Å². The molecule has 0 bridgehead atoms. The minimum Gasteiger partial charge on any atom is -0.326 e. The van der Waals surface area contributed by atoms with Crippen molar-refractivity contribution in [2.45, 2.75) is 52.4 Å². The quantitative estimate of drug-likeness (QED) is 0.631. The zero-order valence-corrected chi connectivity index (χ0v) is 19.9. The van der Waals surface area contributed by atoms with Gasteiger partial charge in [-0.05, 0) is 69.9 Å². The standard InChI is InChI=1S/C22H29N5O3S/c1-13-10-18(31(29,30)26(6)7)12-20(15(13)3)24-22(28)9-8-19-16(4)23-21-11-14(2)25-27(21)17(19)5/h10-12H,8-9H2,1-7H3,(H,24,28). The van der Waals surface area contributed by atoms with Gasteiger partial charge in [-0.2, -0.15) is 5.10 Å². The number of hydrogen-bond acceptors (Lipinski definition) is 5. The molecule has 0 unspecified atom stereocenters. The summed E-state index contributed by atoms with van der Waals surface area (Å²) in [6.45, 7) is 9.53. The number of hydrogen-bond donors (Lipinski definition) is 1. The van der Waals surface area contributed by atoms with Crippen LogP contribution in [0.15, 0.2) is 23.1 Å². The van der Waals surface area contributed by atoms with Crippen molar-refractivity contribution >= 4 is 27.3 Å². The lowest BCUT2D eigenvalue weighted by molar-refractivity contribution is -0.116. The summed E-state index contributed by atoms with van der Waals surface area (Å²) >= 11 is 0. The van der Waals surface area contributed by atoms with E-state index < -0.39 is 10.0 Å². The van der Waals surface area contributed by atoms with Gasteiger partial charge in [-0.3, -0.25) is 4.79 Å². The third-order valence-electron chi connectivity index (χ3n) is 5.58. The smallest absolute Gasteiger partial charge is 0.242 e. The van der Waals surface area contributed by atoms with Gasteiger partial charge in [0.2, 0.25) is 15.9 Å². The van der Waals surface area contributed by atoms with Crippen LogP contribution in [0.2, 0.25) is 0 Å². The van der Waals surface area contributed by atoms with Gasteiger partial charge in [0.15, 0.2) is 5.65 Å². The number of fused-ring (bicyclic) bond motifs is 1. The molecule has 166 valence electrons. The highest BCUT2D eigenvalue weighted by Gasteiger charge is 2.20. The molecule has 0 saturated heterocycles. The Balaban J connectivity index is 1.82. The predicted molar refractivity (Wildman–Crippen MR) is 121 cm³/mol. The van der Waals surface area contributed by atoms with Crippen LogP contribution in [0.3, 0.4) is 0 Å². The molecule has 3 aromatic rings. The van der Waals surface area contributed by atoms with E-state index in [4.69, 9.17) is 0 Å². The van der Waals surface area contributed by atoms with E-state index >= 15 is 0 Å². The molecule has 0 fully saturated rings. The SMILES string of the molecule is Cc1cc2nc(C)c(CCC(=O)Nc3cc(S(=O)(=O)N(C)C)cc(C)c3C)c(C)n2n1. The van der Waals surface area contributed by atoms with Gasteiger partial charge in [-0.15, -0.1) is 0 Å². The zero-order valence-electron chi connectivity index (χ0n) is 19.1. The lowest BCUT2D eigenvalue weighted by Gasteiger charge is -2.17. The van der Waals surface area contributed by atoms with Crippen molar-refractivity contribution in [1.29, 1.82) is 0 Å². The van der Waals surface area contributed by atoms with E-state index in [1.807, 2.05) is 40.7 Å². The maximum absolute atomic E-state index is 12.7. The van der Waals surface area contributed by atoms with E-state index in [1.54, 1.807) is 10.6 Å². The van der Waals surface area contributed by atoms with Gasteiger partial charge in [0.1, 0.15) is 0 Å². The van der Waals surface area contributed by atoms with Crippen molar-refractivity contribution < 1.29 is 13.2 Å². The molecule has 1 N–H and O–H groups in total. The lowest BCUT2D eigenvalue weighted by Crippen LogP contribution is -2.23. The maximum Gasteiger partial charge on any atom is 0.242 e. The van der Waals surface area contributed by atoms with Crippen LogP contribution < -0.4 is 5.32 Å². The van der Waals surface area contributed by atoms with Crippen LogP contribution in [0.1, 0.15) is 40.2 Å². The fraction of sp³-hybridized carbons (Fsp3) is 0.409. The number of anilines is 1. The normalized spacial score (nSPS) is 12.0. The first-order chi connectivity index (χ1) is 14.4. The second kappa shape index (κ2) is 8.39. The number of carbonyl (C=O) groups is 1. The Morgan fingerprint density at radius 1 is 1.10 bits per heavy atom. The molecule has 0 aliphatic heterocycles. The first-order valence-electron chi connectivity index (χ1n) is 10.1. The van der Waals surface area contributed by atoms with Gasteiger partial charge in [0.05, 0.1) is 10.6 Å². The molecule has 9 heteroatoms. The topological polar surface area (TPSA) is 96.7 Å². The summed E-state index contributed by atoms with van der Waals surface area (Å²) in [6, 6.07) is 5.07. The number of rotatable bonds is 6. The monoisotopic (exact) mass is 443 g/mol. The Bertz CT molecular complexity index is 1280. The molecule has 2 heterocycles. The Morgan fingerprint density at radius 2 is 1.77 bits per heavy atom. The molecule has 0 radical (unpaired) electrons. The van der Waals surface area contributed by atoms with Crippen molar-refractivity contribution in [2.75, 3.05) is 19.4 Å².